The van der Waals surface area contributed by atoms with Gasteiger partial charge in [0.05, 0.1) is 11.1 Å². The van der Waals surface area contributed by atoms with Crippen LogP contribution in [0.3, 0.4) is 0 Å². The number of furan rings is 1. The molecule has 0 aliphatic carbocycles. The van der Waals surface area contributed by atoms with Crippen molar-refractivity contribution in [2.75, 3.05) is 0 Å². The Morgan fingerprint density at radius 2 is 1.85 bits per heavy atom. The highest BCUT2D eigenvalue weighted by atomic mass is 79.9. The van der Waals surface area contributed by atoms with E-state index in [4.69, 9.17) is 33.4 Å². The summed E-state index contributed by atoms with van der Waals surface area (Å²) >= 11 is 15.4. The Bertz CT molecular complexity index is 785. The van der Waals surface area contributed by atoms with Crippen molar-refractivity contribution in [1.29, 1.82) is 0 Å². The number of halogens is 3. The molecule has 0 aliphatic rings. The van der Waals surface area contributed by atoms with E-state index in [0.717, 1.165) is 21.0 Å². The minimum absolute atomic E-state index is 0.369. The van der Waals surface area contributed by atoms with Gasteiger partial charge in [-0.1, -0.05) is 29.3 Å². The average Bonchev–Trinajstić information content (AvgIpc) is 2.84. The summed E-state index contributed by atoms with van der Waals surface area (Å²) < 4.78 is 6.61. The van der Waals surface area contributed by atoms with Gasteiger partial charge in [0.2, 0.25) is 0 Å². The normalized spacial score (nSPS) is 12.8. The van der Waals surface area contributed by atoms with E-state index in [2.05, 4.69) is 15.9 Å². The van der Waals surface area contributed by atoms with Crippen molar-refractivity contribution in [3.63, 3.8) is 0 Å². The van der Waals surface area contributed by atoms with Crippen LogP contribution >= 0.6 is 39.1 Å². The van der Waals surface area contributed by atoms with Crippen LogP contribution in [0.1, 0.15) is 17.4 Å². The van der Waals surface area contributed by atoms with Crippen molar-refractivity contribution >= 4 is 50.1 Å². The quantitative estimate of drug-likeness (QED) is 0.642. The van der Waals surface area contributed by atoms with Gasteiger partial charge in [-0.3, -0.25) is 0 Å². The van der Waals surface area contributed by atoms with Crippen LogP contribution in [0, 0.1) is 0 Å². The van der Waals surface area contributed by atoms with Crippen LogP contribution in [0.25, 0.3) is 11.0 Å². The second kappa shape index (κ2) is 5.41. The maximum absolute atomic E-state index is 6.24. The van der Waals surface area contributed by atoms with Gasteiger partial charge >= 0.3 is 0 Å². The summed E-state index contributed by atoms with van der Waals surface area (Å²) in [5, 5.41) is 2.23. The number of hydrogen-bond donors (Lipinski definition) is 1. The standard InChI is InChI=1S/C15H10BrCl2NO/c16-11-3-1-8(6-12(11)18)15(19)14-7-9-5-10(17)2-4-13(9)20-14/h1-7,15H,19H2. The Kier molecular flexibility index (Phi) is 3.78. The van der Waals surface area contributed by atoms with E-state index in [-0.39, 0.29) is 6.04 Å². The van der Waals surface area contributed by atoms with Gasteiger partial charge in [-0.05, 0) is 57.9 Å². The molecule has 0 fully saturated rings. The van der Waals surface area contributed by atoms with E-state index in [1.54, 1.807) is 6.07 Å². The Morgan fingerprint density at radius 1 is 1.05 bits per heavy atom. The van der Waals surface area contributed by atoms with Crippen LogP contribution < -0.4 is 5.73 Å². The zero-order chi connectivity index (χ0) is 14.3. The maximum atomic E-state index is 6.24. The second-order valence-electron chi connectivity index (χ2n) is 4.48. The molecule has 2 aromatic carbocycles. The van der Waals surface area contributed by atoms with E-state index >= 15 is 0 Å². The molecule has 5 heteroatoms. The van der Waals surface area contributed by atoms with Crippen LogP contribution in [0.15, 0.2) is 51.4 Å². The fourth-order valence-corrected chi connectivity index (χ4v) is 2.67. The van der Waals surface area contributed by atoms with Gasteiger partial charge in [0.15, 0.2) is 0 Å². The first-order valence-electron chi connectivity index (χ1n) is 5.94. The molecule has 1 heterocycles. The van der Waals surface area contributed by atoms with Gasteiger partial charge in [-0.2, -0.15) is 0 Å². The number of benzene rings is 2. The van der Waals surface area contributed by atoms with Gasteiger partial charge in [-0.25, -0.2) is 0 Å². The molecule has 1 atom stereocenters. The molecule has 1 unspecified atom stereocenters. The largest absolute Gasteiger partial charge is 0.459 e. The summed E-state index contributed by atoms with van der Waals surface area (Å²) in [6, 6.07) is 12.6. The van der Waals surface area contributed by atoms with Crippen LogP contribution in [-0.4, -0.2) is 0 Å². The predicted octanol–water partition coefficient (Wildman–Crippen LogP) is 5.55. The summed E-state index contributed by atoms with van der Waals surface area (Å²) in [6.45, 7) is 0. The second-order valence-corrected chi connectivity index (χ2v) is 6.18. The van der Waals surface area contributed by atoms with Gasteiger partial charge in [-0.15, -0.1) is 0 Å². The predicted molar refractivity (Wildman–Crippen MR) is 86.4 cm³/mol. The summed E-state index contributed by atoms with van der Waals surface area (Å²) in [4.78, 5) is 0. The van der Waals surface area contributed by atoms with Crippen LogP contribution in [-0.2, 0) is 0 Å². The Balaban J connectivity index is 2.02. The van der Waals surface area contributed by atoms with E-state index in [1.165, 1.54) is 0 Å². The van der Waals surface area contributed by atoms with Gasteiger partial charge in [0.1, 0.15) is 11.3 Å². The molecular weight excluding hydrogens is 361 g/mol. The highest BCUT2D eigenvalue weighted by Gasteiger charge is 2.15. The number of nitrogens with two attached hydrogens (primary N) is 1. The minimum Gasteiger partial charge on any atom is -0.459 e. The van der Waals surface area contributed by atoms with E-state index < -0.39 is 0 Å². The van der Waals surface area contributed by atoms with Crippen molar-refractivity contribution in [3.8, 4) is 0 Å². The molecule has 0 radical (unpaired) electrons. The third-order valence-electron chi connectivity index (χ3n) is 3.11. The lowest BCUT2D eigenvalue weighted by molar-refractivity contribution is 0.525. The zero-order valence-corrected chi connectivity index (χ0v) is 13.3. The third-order valence-corrected chi connectivity index (χ3v) is 4.57. The van der Waals surface area contributed by atoms with E-state index in [1.807, 2.05) is 36.4 Å². The first-order chi connectivity index (χ1) is 9.54. The molecule has 20 heavy (non-hydrogen) atoms. The molecule has 0 bridgehead atoms. The molecule has 2 nitrogen and oxygen atoms in total. The highest BCUT2D eigenvalue weighted by Crippen LogP contribution is 2.31. The fourth-order valence-electron chi connectivity index (χ4n) is 2.06. The molecule has 3 rings (SSSR count). The van der Waals surface area contributed by atoms with Gasteiger partial charge < -0.3 is 10.2 Å². The summed E-state index contributed by atoms with van der Waals surface area (Å²) in [6.07, 6.45) is 0. The Hall–Kier alpha value is -1.00. The molecular formula is C15H10BrCl2NO. The topological polar surface area (TPSA) is 39.2 Å². The first-order valence-corrected chi connectivity index (χ1v) is 7.49. The number of hydrogen-bond acceptors (Lipinski definition) is 2. The number of rotatable bonds is 2. The molecule has 3 aromatic rings. The monoisotopic (exact) mass is 369 g/mol. The third kappa shape index (κ3) is 2.59. The lowest BCUT2D eigenvalue weighted by atomic mass is 10.1. The first kappa shape index (κ1) is 14.0. The summed E-state index contributed by atoms with van der Waals surface area (Å²) in [7, 11) is 0. The van der Waals surface area contributed by atoms with Gasteiger partial charge in [0, 0.05) is 14.9 Å². The lowest BCUT2D eigenvalue weighted by Crippen LogP contribution is -2.10. The maximum Gasteiger partial charge on any atom is 0.134 e. The lowest BCUT2D eigenvalue weighted by Gasteiger charge is -2.10. The smallest absolute Gasteiger partial charge is 0.134 e. The summed E-state index contributed by atoms with van der Waals surface area (Å²) in [5.41, 5.74) is 7.90. The summed E-state index contributed by atoms with van der Waals surface area (Å²) in [5.74, 6) is 0.681. The van der Waals surface area contributed by atoms with Crippen molar-refractivity contribution in [1.82, 2.24) is 0 Å². The molecule has 0 aliphatic heterocycles. The molecule has 1 aromatic heterocycles. The van der Waals surface area contributed by atoms with E-state index in [9.17, 15) is 0 Å². The van der Waals surface area contributed by atoms with Crippen molar-refractivity contribution in [2.24, 2.45) is 5.73 Å². The molecule has 0 spiro atoms. The van der Waals surface area contributed by atoms with Crippen molar-refractivity contribution in [3.05, 3.63) is 68.3 Å². The van der Waals surface area contributed by atoms with E-state index in [0.29, 0.717) is 15.8 Å². The Morgan fingerprint density at radius 3 is 2.60 bits per heavy atom. The zero-order valence-electron chi connectivity index (χ0n) is 10.2. The molecule has 0 saturated carbocycles. The molecule has 0 amide bonds. The van der Waals surface area contributed by atoms with Crippen LogP contribution in [0.2, 0.25) is 10.0 Å². The Labute approximate surface area is 134 Å². The van der Waals surface area contributed by atoms with Crippen molar-refractivity contribution < 1.29 is 4.42 Å². The highest BCUT2D eigenvalue weighted by molar-refractivity contribution is 9.10. The SMILES string of the molecule is NC(c1ccc(Br)c(Cl)c1)c1cc2cc(Cl)ccc2o1. The minimum atomic E-state index is -0.369. The van der Waals surface area contributed by atoms with Crippen molar-refractivity contribution in [2.45, 2.75) is 6.04 Å². The fraction of sp³-hybridized carbons (Fsp3) is 0.0667. The average molecular weight is 371 g/mol. The molecule has 102 valence electrons. The molecule has 0 saturated heterocycles. The van der Waals surface area contributed by atoms with Crippen LogP contribution in [0.4, 0.5) is 0 Å². The van der Waals surface area contributed by atoms with Gasteiger partial charge in [0.25, 0.3) is 0 Å². The van der Waals surface area contributed by atoms with Crippen LogP contribution in [0.5, 0.6) is 0 Å². The molecule has 2 N–H and O–H groups in total. The number of fused-ring (bicyclic) bond motifs is 1.